The van der Waals surface area contributed by atoms with E-state index in [9.17, 15) is 4.79 Å². The molecule has 0 aromatic heterocycles. The van der Waals surface area contributed by atoms with E-state index in [-0.39, 0.29) is 11.8 Å². The van der Waals surface area contributed by atoms with Gasteiger partial charge in [-0.25, -0.2) is 0 Å². The van der Waals surface area contributed by atoms with E-state index in [1.165, 1.54) is 0 Å². The average molecular weight is 363 g/mol. The quantitative estimate of drug-likeness (QED) is 0.673. The summed E-state index contributed by atoms with van der Waals surface area (Å²) in [6.45, 7) is 4.86. The number of benzene rings is 2. The van der Waals surface area contributed by atoms with E-state index in [4.69, 9.17) is 9.47 Å². The van der Waals surface area contributed by atoms with Crippen molar-refractivity contribution >= 4 is 5.78 Å². The largest absolute Gasteiger partial charge is 0.493 e. The predicted octanol–water partition coefficient (Wildman–Crippen LogP) is 4.62. The number of Topliss-reactive ketones (excluding diaryl/α,β-unsaturated/α-hetero) is 1. The molecule has 27 heavy (non-hydrogen) atoms. The van der Waals surface area contributed by atoms with Gasteiger partial charge < -0.3 is 14.4 Å². The molecule has 4 heteroatoms. The van der Waals surface area contributed by atoms with Crippen LogP contribution in [0.1, 0.15) is 29.8 Å². The summed E-state index contributed by atoms with van der Waals surface area (Å²) >= 11 is 0. The van der Waals surface area contributed by atoms with E-state index >= 15 is 0 Å². The highest BCUT2D eigenvalue weighted by atomic mass is 16.5. The van der Waals surface area contributed by atoms with Gasteiger partial charge in [0.2, 0.25) is 0 Å². The van der Waals surface area contributed by atoms with Crippen molar-refractivity contribution in [1.29, 1.82) is 0 Å². The third-order valence-corrected chi connectivity index (χ3v) is 4.71. The summed E-state index contributed by atoms with van der Waals surface area (Å²) in [5, 5.41) is 0. The zero-order valence-electron chi connectivity index (χ0n) is 16.0. The highest BCUT2D eigenvalue weighted by Crippen LogP contribution is 2.29. The molecule has 1 atom stereocenters. The number of ketones is 1. The first-order valence-electron chi connectivity index (χ1n) is 9.08. The first kappa shape index (κ1) is 18.8. The van der Waals surface area contributed by atoms with E-state index in [0.717, 1.165) is 11.3 Å². The molecule has 1 unspecified atom stereocenters. The molecule has 0 saturated heterocycles. The Bertz CT molecular complexity index is 855. The minimum absolute atomic E-state index is 0.0529. The summed E-state index contributed by atoms with van der Waals surface area (Å²) in [4.78, 5) is 14.9. The molecular formula is C23H25NO3. The molecule has 0 amide bonds. The van der Waals surface area contributed by atoms with E-state index in [1.807, 2.05) is 49.4 Å². The molecule has 0 bridgehead atoms. The van der Waals surface area contributed by atoms with Crippen molar-refractivity contribution in [3.63, 3.8) is 0 Å². The number of ether oxygens (including phenoxy) is 2. The topological polar surface area (TPSA) is 38.8 Å². The van der Waals surface area contributed by atoms with Crippen LogP contribution < -0.4 is 9.47 Å². The van der Waals surface area contributed by atoms with Crippen LogP contribution in [0.2, 0.25) is 0 Å². The second-order valence-corrected chi connectivity index (χ2v) is 6.62. The van der Waals surface area contributed by atoms with Gasteiger partial charge in [0, 0.05) is 17.3 Å². The van der Waals surface area contributed by atoms with Crippen molar-refractivity contribution in [2.75, 3.05) is 13.7 Å². The number of rotatable bonds is 7. The minimum Gasteiger partial charge on any atom is -0.493 e. The maximum atomic E-state index is 12.8. The second kappa shape index (κ2) is 8.58. The molecule has 0 N–H and O–H groups in total. The van der Waals surface area contributed by atoms with Gasteiger partial charge >= 0.3 is 0 Å². The van der Waals surface area contributed by atoms with Gasteiger partial charge in [0.15, 0.2) is 17.3 Å². The smallest absolute Gasteiger partial charge is 0.182 e. The summed E-state index contributed by atoms with van der Waals surface area (Å²) in [5.74, 6) is 1.25. The zero-order chi connectivity index (χ0) is 19.2. The van der Waals surface area contributed by atoms with Gasteiger partial charge in [0.1, 0.15) is 6.61 Å². The first-order valence-corrected chi connectivity index (χ1v) is 9.08. The van der Waals surface area contributed by atoms with Crippen molar-refractivity contribution in [2.24, 2.45) is 0 Å². The second-order valence-electron chi connectivity index (χ2n) is 6.62. The SMILES string of the molecule is COc1ccc(C(=O)CN2C(C)=CC=CC2C)cc1OCc1ccccc1. The number of allylic oxidation sites excluding steroid dienone is 3. The van der Waals surface area contributed by atoms with Gasteiger partial charge in [-0.1, -0.05) is 42.5 Å². The van der Waals surface area contributed by atoms with Crippen LogP contribution in [0.15, 0.2) is 72.5 Å². The van der Waals surface area contributed by atoms with Gasteiger partial charge in [-0.05, 0) is 43.7 Å². The van der Waals surface area contributed by atoms with Crippen LogP contribution in [0.4, 0.5) is 0 Å². The molecule has 0 fully saturated rings. The fourth-order valence-corrected chi connectivity index (χ4v) is 3.09. The Morgan fingerprint density at radius 2 is 1.89 bits per heavy atom. The van der Waals surface area contributed by atoms with Gasteiger partial charge in [-0.15, -0.1) is 0 Å². The summed E-state index contributed by atoms with van der Waals surface area (Å²) in [7, 11) is 1.60. The molecule has 0 radical (unpaired) electrons. The number of nitrogens with zero attached hydrogens (tertiary/aromatic N) is 1. The minimum atomic E-state index is 0.0529. The van der Waals surface area contributed by atoms with Crippen molar-refractivity contribution in [1.82, 2.24) is 4.90 Å². The summed E-state index contributed by atoms with van der Waals surface area (Å²) in [5.41, 5.74) is 2.77. The van der Waals surface area contributed by atoms with Gasteiger partial charge in [-0.2, -0.15) is 0 Å². The number of carbonyl (C=O) groups excluding carboxylic acids is 1. The summed E-state index contributed by atoms with van der Waals surface area (Å²) < 4.78 is 11.3. The van der Waals surface area contributed by atoms with Crippen molar-refractivity contribution in [3.05, 3.63) is 83.6 Å². The fourth-order valence-electron chi connectivity index (χ4n) is 3.09. The monoisotopic (exact) mass is 363 g/mol. The number of methoxy groups -OCH3 is 1. The molecule has 0 spiro atoms. The normalized spacial score (nSPS) is 16.0. The maximum absolute atomic E-state index is 12.8. The lowest BCUT2D eigenvalue weighted by atomic mass is 10.1. The lowest BCUT2D eigenvalue weighted by Gasteiger charge is -2.31. The van der Waals surface area contributed by atoms with E-state index in [2.05, 4.69) is 17.9 Å². The fraction of sp³-hybridized carbons (Fsp3) is 0.261. The lowest BCUT2D eigenvalue weighted by Crippen LogP contribution is -2.36. The third-order valence-electron chi connectivity index (χ3n) is 4.71. The predicted molar refractivity (Wildman–Crippen MR) is 107 cm³/mol. The van der Waals surface area contributed by atoms with Crippen molar-refractivity contribution < 1.29 is 14.3 Å². The Morgan fingerprint density at radius 1 is 1.11 bits per heavy atom. The molecule has 1 heterocycles. The Morgan fingerprint density at radius 3 is 2.59 bits per heavy atom. The number of hydrogen-bond donors (Lipinski definition) is 0. The maximum Gasteiger partial charge on any atom is 0.182 e. The molecule has 1 aliphatic heterocycles. The van der Waals surface area contributed by atoms with Crippen molar-refractivity contribution in [3.8, 4) is 11.5 Å². The highest BCUT2D eigenvalue weighted by Gasteiger charge is 2.19. The van der Waals surface area contributed by atoms with Crippen LogP contribution in [-0.4, -0.2) is 30.4 Å². The molecule has 4 nitrogen and oxygen atoms in total. The van der Waals surface area contributed by atoms with Crippen LogP contribution in [0.25, 0.3) is 0 Å². The average Bonchev–Trinajstić information content (AvgIpc) is 2.69. The van der Waals surface area contributed by atoms with E-state index in [1.54, 1.807) is 25.3 Å². The molecular weight excluding hydrogens is 338 g/mol. The molecule has 0 aliphatic carbocycles. The highest BCUT2D eigenvalue weighted by molar-refractivity contribution is 5.98. The van der Waals surface area contributed by atoms with Gasteiger partial charge in [-0.3, -0.25) is 4.79 Å². The summed E-state index contributed by atoms with van der Waals surface area (Å²) in [6, 6.07) is 15.5. The molecule has 2 aromatic carbocycles. The Labute approximate surface area is 160 Å². The Kier molecular flexibility index (Phi) is 5.97. The first-order chi connectivity index (χ1) is 13.1. The van der Waals surface area contributed by atoms with E-state index < -0.39 is 0 Å². The van der Waals surface area contributed by atoms with Crippen LogP contribution >= 0.6 is 0 Å². The molecule has 2 aromatic rings. The summed E-state index contributed by atoms with van der Waals surface area (Å²) in [6.07, 6.45) is 6.14. The van der Waals surface area contributed by atoms with Crippen LogP contribution in [0, 0.1) is 0 Å². The van der Waals surface area contributed by atoms with Crippen LogP contribution in [-0.2, 0) is 6.61 Å². The van der Waals surface area contributed by atoms with Gasteiger partial charge in [0.25, 0.3) is 0 Å². The zero-order valence-corrected chi connectivity index (χ0v) is 16.0. The van der Waals surface area contributed by atoms with Crippen LogP contribution in [0.5, 0.6) is 11.5 Å². The Balaban J connectivity index is 1.74. The number of hydrogen-bond acceptors (Lipinski definition) is 4. The lowest BCUT2D eigenvalue weighted by molar-refractivity contribution is 0.0938. The van der Waals surface area contributed by atoms with Crippen LogP contribution in [0.3, 0.4) is 0 Å². The number of carbonyl (C=O) groups is 1. The molecule has 1 aliphatic rings. The standard InChI is InChI=1S/C23H25NO3/c1-17-8-7-9-18(2)24(17)15-21(25)20-12-13-22(26-3)23(14-20)27-16-19-10-5-4-6-11-19/h4-14,17H,15-16H2,1-3H3. The van der Waals surface area contributed by atoms with Gasteiger partial charge in [0.05, 0.1) is 13.7 Å². The Hall–Kier alpha value is -3.01. The molecule has 3 rings (SSSR count). The molecule has 0 saturated carbocycles. The molecule has 140 valence electrons. The van der Waals surface area contributed by atoms with E-state index in [0.29, 0.717) is 30.2 Å². The third kappa shape index (κ3) is 4.59. The van der Waals surface area contributed by atoms with Crippen molar-refractivity contribution in [2.45, 2.75) is 26.5 Å².